The predicted octanol–water partition coefficient (Wildman–Crippen LogP) is 3.60. The lowest BCUT2D eigenvalue weighted by atomic mass is 10.1. The lowest BCUT2D eigenvalue weighted by molar-refractivity contribution is 0.104. The minimum atomic E-state index is -0.0854. The van der Waals surface area contributed by atoms with Gasteiger partial charge >= 0.3 is 0 Å². The summed E-state index contributed by atoms with van der Waals surface area (Å²) in [5.41, 5.74) is 2.63. The number of hydrogen-bond acceptors (Lipinski definition) is 4. The number of carbonyl (C=O) groups is 1. The van der Waals surface area contributed by atoms with Crippen LogP contribution in [0.1, 0.15) is 21.5 Å². The van der Waals surface area contributed by atoms with Crippen molar-refractivity contribution in [1.82, 2.24) is 9.78 Å². The van der Waals surface area contributed by atoms with Crippen molar-refractivity contribution in [2.75, 3.05) is 13.2 Å². The second kappa shape index (κ2) is 7.27. The van der Waals surface area contributed by atoms with E-state index in [2.05, 4.69) is 17.2 Å². The summed E-state index contributed by atoms with van der Waals surface area (Å²) in [6.07, 6.45) is 6.99. The van der Waals surface area contributed by atoms with Gasteiger partial charge in [-0.2, -0.15) is 5.10 Å². The molecule has 2 heterocycles. The van der Waals surface area contributed by atoms with Crippen molar-refractivity contribution in [3.05, 3.63) is 83.7 Å². The summed E-state index contributed by atoms with van der Waals surface area (Å²) >= 11 is 0. The molecule has 1 aliphatic heterocycles. The molecule has 26 heavy (non-hydrogen) atoms. The van der Waals surface area contributed by atoms with E-state index >= 15 is 0 Å². The lowest BCUT2D eigenvalue weighted by Gasteiger charge is -2.18. The predicted molar refractivity (Wildman–Crippen MR) is 98.6 cm³/mol. The molecule has 5 nitrogen and oxygen atoms in total. The highest BCUT2D eigenvalue weighted by atomic mass is 16.6. The monoisotopic (exact) mass is 346 g/mol. The smallest absolute Gasteiger partial charge is 0.185 e. The van der Waals surface area contributed by atoms with E-state index in [1.807, 2.05) is 29.1 Å². The van der Waals surface area contributed by atoms with Crippen molar-refractivity contribution in [2.45, 2.75) is 6.54 Å². The van der Waals surface area contributed by atoms with Crippen LogP contribution < -0.4 is 9.47 Å². The number of ketones is 1. The number of carbonyl (C=O) groups excluding carboxylic acids is 1. The standard InChI is InChI=1S/C21H18N2O3/c24-19(18-7-9-20-21(12-18)26-11-10-25-20)8-6-17-13-22-23(15-17)14-16-4-2-1-3-5-16/h1-9,12-13,15H,10-11,14H2/b8-6+. The number of benzene rings is 2. The van der Waals surface area contributed by atoms with E-state index in [9.17, 15) is 4.79 Å². The Morgan fingerprint density at radius 1 is 1.08 bits per heavy atom. The summed E-state index contributed by atoms with van der Waals surface area (Å²) in [7, 11) is 0. The summed E-state index contributed by atoms with van der Waals surface area (Å²) in [5, 5.41) is 4.34. The Kier molecular flexibility index (Phi) is 4.51. The van der Waals surface area contributed by atoms with Gasteiger partial charge in [0, 0.05) is 17.3 Å². The highest BCUT2D eigenvalue weighted by molar-refractivity contribution is 6.07. The largest absolute Gasteiger partial charge is 0.486 e. The van der Waals surface area contributed by atoms with Crippen LogP contribution >= 0.6 is 0 Å². The maximum atomic E-state index is 12.4. The van der Waals surface area contributed by atoms with Gasteiger partial charge in [-0.05, 0) is 35.9 Å². The molecule has 0 spiro atoms. The van der Waals surface area contributed by atoms with E-state index in [4.69, 9.17) is 9.47 Å². The zero-order chi connectivity index (χ0) is 17.8. The zero-order valence-corrected chi connectivity index (χ0v) is 14.2. The van der Waals surface area contributed by atoms with Crippen LogP contribution in [-0.4, -0.2) is 28.8 Å². The van der Waals surface area contributed by atoms with E-state index in [0.717, 1.165) is 5.56 Å². The van der Waals surface area contributed by atoms with E-state index in [1.165, 1.54) is 5.56 Å². The second-order valence-corrected chi connectivity index (χ2v) is 6.01. The molecule has 130 valence electrons. The number of nitrogens with zero attached hydrogens (tertiary/aromatic N) is 2. The van der Waals surface area contributed by atoms with E-state index in [1.54, 1.807) is 36.5 Å². The third-order valence-corrected chi connectivity index (χ3v) is 4.09. The van der Waals surface area contributed by atoms with Crippen LogP contribution in [0.3, 0.4) is 0 Å². The topological polar surface area (TPSA) is 53.4 Å². The Morgan fingerprint density at radius 2 is 1.88 bits per heavy atom. The molecule has 0 bridgehead atoms. The van der Waals surface area contributed by atoms with Crippen LogP contribution in [0.5, 0.6) is 11.5 Å². The van der Waals surface area contributed by atoms with Crippen molar-refractivity contribution in [1.29, 1.82) is 0 Å². The first-order valence-corrected chi connectivity index (χ1v) is 8.46. The molecule has 1 aliphatic rings. The molecule has 0 saturated carbocycles. The van der Waals surface area contributed by atoms with E-state index in [0.29, 0.717) is 36.8 Å². The Morgan fingerprint density at radius 3 is 2.73 bits per heavy atom. The summed E-state index contributed by atoms with van der Waals surface area (Å²) in [6.45, 7) is 1.74. The quantitative estimate of drug-likeness (QED) is 0.523. The van der Waals surface area contributed by atoms with Gasteiger partial charge in [0.25, 0.3) is 0 Å². The lowest BCUT2D eigenvalue weighted by Crippen LogP contribution is -2.15. The van der Waals surface area contributed by atoms with Gasteiger partial charge in [0.2, 0.25) is 0 Å². The number of fused-ring (bicyclic) bond motifs is 1. The first kappa shape index (κ1) is 16.1. The molecule has 0 aliphatic carbocycles. The number of allylic oxidation sites excluding steroid dienone is 1. The van der Waals surface area contributed by atoms with Gasteiger partial charge in [0.05, 0.1) is 12.7 Å². The molecular weight excluding hydrogens is 328 g/mol. The van der Waals surface area contributed by atoms with Gasteiger partial charge in [-0.1, -0.05) is 30.3 Å². The summed E-state index contributed by atoms with van der Waals surface area (Å²) in [6, 6.07) is 15.4. The van der Waals surface area contributed by atoms with Crippen LogP contribution in [-0.2, 0) is 6.54 Å². The van der Waals surface area contributed by atoms with Crippen molar-refractivity contribution in [3.8, 4) is 11.5 Å². The maximum absolute atomic E-state index is 12.4. The Labute approximate surface area is 151 Å². The third kappa shape index (κ3) is 3.67. The summed E-state index contributed by atoms with van der Waals surface area (Å²) in [4.78, 5) is 12.4. The van der Waals surface area contributed by atoms with Crippen molar-refractivity contribution >= 4 is 11.9 Å². The minimum Gasteiger partial charge on any atom is -0.486 e. The Balaban J connectivity index is 1.44. The fourth-order valence-electron chi connectivity index (χ4n) is 2.79. The normalized spacial score (nSPS) is 13.1. The average Bonchev–Trinajstić information content (AvgIpc) is 3.14. The van der Waals surface area contributed by atoms with Crippen molar-refractivity contribution < 1.29 is 14.3 Å². The van der Waals surface area contributed by atoms with Gasteiger partial charge in [0.15, 0.2) is 17.3 Å². The van der Waals surface area contributed by atoms with Gasteiger partial charge in [0.1, 0.15) is 13.2 Å². The Hall–Kier alpha value is -3.34. The zero-order valence-electron chi connectivity index (χ0n) is 14.2. The molecule has 0 unspecified atom stereocenters. The molecule has 0 atom stereocenters. The number of hydrogen-bond donors (Lipinski definition) is 0. The Bertz CT molecular complexity index is 945. The summed E-state index contributed by atoms with van der Waals surface area (Å²) in [5.74, 6) is 1.21. The SMILES string of the molecule is O=C(/C=C/c1cnn(Cc2ccccc2)c1)c1ccc2c(c1)OCCO2. The minimum absolute atomic E-state index is 0.0854. The molecule has 3 aromatic rings. The van der Waals surface area contributed by atoms with E-state index < -0.39 is 0 Å². The van der Waals surface area contributed by atoms with Crippen LogP contribution in [0.25, 0.3) is 6.08 Å². The number of aromatic nitrogens is 2. The van der Waals surface area contributed by atoms with Gasteiger partial charge in [-0.15, -0.1) is 0 Å². The van der Waals surface area contributed by atoms with E-state index in [-0.39, 0.29) is 5.78 Å². The van der Waals surface area contributed by atoms with Crippen molar-refractivity contribution in [2.24, 2.45) is 0 Å². The second-order valence-electron chi connectivity index (χ2n) is 6.01. The first-order valence-electron chi connectivity index (χ1n) is 8.46. The molecule has 0 amide bonds. The molecule has 0 saturated heterocycles. The average molecular weight is 346 g/mol. The number of ether oxygens (including phenoxy) is 2. The van der Waals surface area contributed by atoms with Gasteiger partial charge in [-0.25, -0.2) is 0 Å². The fraction of sp³-hybridized carbons (Fsp3) is 0.143. The van der Waals surface area contributed by atoms with Crippen molar-refractivity contribution in [3.63, 3.8) is 0 Å². The molecule has 5 heteroatoms. The maximum Gasteiger partial charge on any atom is 0.185 e. The molecular formula is C21H18N2O3. The first-order chi connectivity index (χ1) is 12.8. The highest BCUT2D eigenvalue weighted by Crippen LogP contribution is 2.30. The number of rotatable bonds is 5. The fourth-order valence-corrected chi connectivity index (χ4v) is 2.79. The van der Waals surface area contributed by atoms with Gasteiger partial charge in [-0.3, -0.25) is 9.48 Å². The molecule has 0 fully saturated rings. The molecule has 0 radical (unpaired) electrons. The molecule has 4 rings (SSSR count). The molecule has 2 aromatic carbocycles. The van der Waals surface area contributed by atoms with Gasteiger partial charge < -0.3 is 9.47 Å². The van der Waals surface area contributed by atoms with Crippen LogP contribution in [0.15, 0.2) is 67.0 Å². The molecule has 1 aromatic heterocycles. The van der Waals surface area contributed by atoms with Crippen LogP contribution in [0.2, 0.25) is 0 Å². The van der Waals surface area contributed by atoms with Crippen LogP contribution in [0.4, 0.5) is 0 Å². The summed E-state index contributed by atoms with van der Waals surface area (Å²) < 4.78 is 12.8. The molecule has 0 N–H and O–H groups in total. The highest BCUT2D eigenvalue weighted by Gasteiger charge is 2.13. The third-order valence-electron chi connectivity index (χ3n) is 4.09. The van der Waals surface area contributed by atoms with Crippen LogP contribution in [0, 0.1) is 0 Å².